The third-order valence-corrected chi connectivity index (χ3v) is 3.09. The lowest BCUT2D eigenvalue weighted by molar-refractivity contribution is 0.788. The number of hydrogen-bond donors (Lipinski definition) is 0. The predicted molar refractivity (Wildman–Crippen MR) is 84.9 cm³/mol. The molecule has 0 aromatic heterocycles. The van der Waals surface area contributed by atoms with Crippen LogP contribution in [0.4, 0.5) is 11.4 Å². The first-order chi connectivity index (χ1) is 9.24. The lowest BCUT2D eigenvalue weighted by Crippen LogP contribution is -2.25. The lowest BCUT2D eigenvalue weighted by atomic mass is 10.1. The first-order valence-electron chi connectivity index (χ1n) is 6.80. The van der Waals surface area contributed by atoms with Crippen LogP contribution in [0.15, 0.2) is 60.7 Å². The number of anilines is 2. The summed E-state index contributed by atoms with van der Waals surface area (Å²) in [5, 5.41) is 0. The average Bonchev–Trinajstić information content (AvgIpc) is 2.42. The van der Waals surface area contributed by atoms with Gasteiger partial charge >= 0.3 is 0 Å². The quantitative estimate of drug-likeness (QED) is 0.715. The summed E-state index contributed by atoms with van der Waals surface area (Å²) in [6, 6.07) is 19.5. The van der Waals surface area contributed by atoms with Gasteiger partial charge in [0, 0.05) is 17.4 Å². The van der Waals surface area contributed by atoms with Crippen molar-refractivity contribution in [3.05, 3.63) is 66.2 Å². The second kappa shape index (κ2) is 6.24. The van der Waals surface area contributed by atoms with Crippen LogP contribution in [0.1, 0.15) is 26.3 Å². The number of nitrogens with zero attached hydrogens (tertiary/aromatic N) is 1. The van der Waals surface area contributed by atoms with Gasteiger partial charge in [0.05, 0.1) is 0 Å². The molecule has 0 radical (unpaired) electrons. The minimum atomic E-state index is 0.411. The summed E-state index contributed by atoms with van der Waals surface area (Å²) >= 11 is 0. The summed E-state index contributed by atoms with van der Waals surface area (Å²) in [5.41, 5.74) is 3.74. The van der Waals surface area contributed by atoms with Crippen LogP contribution >= 0.6 is 0 Å². The van der Waals surface area contributed by atoms with Crippen LogP contribution in [-0.4, -0.2) is 6.04 Å². The molecule has 2 aromatic carbocycles. The zero-order valence-corrected chi connectivity index (χ0v) is 11.9. The molecule has 0 atom stereocenters. The van der Waals surface area contributed by atoms with Crippen LogP contribution < -0.4 is 4.90 Å². The van der Waals surface area contributed by atoms with E-state index in [1.54, 1.807) is 0 Å². The highest BCUT2D eigenvalue weighted by atomic mass is 15.2. The number of rotatable bonds is 4. The Morgan fingerprint density at radius 1 is 0.895 bits per heavy atom. The van der Waals surface area contributed by atoms with E-state index in [0.29, 0.717) is 6.04 Å². The van der Waals surface area contributed by atoms with E-state index in [1.165, 1.54) is 16.9 Å². The van der Waals surface area contributed by atoms with Gasteiger partial charge in [0.25, 0.3) is 0 Å². The smallest absolute Gasteiger partial charge is 0.0486 e. The van der Waals surface area contributed by atoms with Gasteiger partial charge in [-0.05, 0) is 44.5 Å². The van der Waals surface area contributed by atoms with Gasteiger partial charge in [0.15, 0.2) is 0 Å². The molecular formula is C18H21N. The van der Waals surface area contributed by atoms with Crippen LogP contribution in [0.3, 0.4) is 0 Å². The van der Waals surface area contributed by atoms with E-state index in [2.05, 4.69) is 92.4 Å². The average molecular weight is 251 g/mol. The summed E-state index contributed by atoms with van der Waals surface area (Å²) in [5.74, 6) is 0. The fourth-order valence-corrected chi connectivity index (χ4v) is 2.33. The lowest BCUT2D eigenvalue weighted by Gasteiger charge is -2.30. The number of allylic oxidation sites excluding steroid dienone is 1. The predicted octanol–water partition coefficient (Wildman–Crippen LogP) is 5.27. The Bertz CT molecular complexity index is 541. The van der Waals surface area contributed by atoms with E-state index in [9.17, 15) is 0 Å². The second-order valence-electron chi connectivity index (χ2n) is 4.86. The Morgan fingerprint density at radius 2 is 1.53 bits per heavy atom. The molecule has 19 heavy (non-hydrogen) atoms. The van der Waals surface area contributed by atoms with E-state index in [-0.39, 0.29) is 0 Å². The molecule has 1 heteroatoms. The molecule has 0 unspecified atom stereocenters. The van der Waals surface area contributed by atoms with Gasteiger partial charge in [0.1, 0.15) is 0 Å². The van der Waals surface area contributed by atoms with Crippen LogP contribution in [0.25, 0.3) is 6.08 Å². The molecule has 0 fully saturated rings. The highest BCUT2D eigenvalue weighted by Gasteiger charge is 2.14. The molecule has 0 saturated heterocycles. The highest BCUT2D eigenvalue weighted by molar-refractivity contribution is 5.74. The second-order valence-corrected chi connectivity index (χ2v) is 4.86. The Hall–Kier alpha value is -2.02. The molecule has 0 saturated carbocycles. The molecule has 2 rings (SSSR count). The van der Waals surface area contributed by atoms with Gasteiger partial charge in [-0.2, -0.15) is 0 Å². The van der Waals surface area contributed by atoms with Crippen LogP contribution in [0.2, 0.25) is 0 Å². The fourth-order valence-electron chi connectivity index (χ4n) is 2.33. The van der Waals surface area contributed by atoms with Crippen molar-refractivity contribution >= 4 is 17.5 Å². The van der Waals surface area contributed by atoms with Crippen LogP contribution in [0.5, 0.6) is 0 Å². The molecule has 98 valence electrons. The maximum absolute atomic E-state index is 2.37. The topological polar surface area (TPSA) is 3.24 Å². The van der Waals surface area contributed by atoms with E-state index in [4.69, 9.17) is 0 Å². The Kier molecular flexibility index (Phi) is 4.40. The van der Waals surface area contributed by atoms with Crippen molar-refractivity contribution in [3.8, 4) is 0 Å². The molecule has 2 aromatic rings. The van der Waals surface area contributed by atoms with Crippen molar-refractivity contribution in [3.63, 3.8) is 0 Å². The molecule has 0 spiro atoms. The van der Waals surface area contributed by atoms with Crippen molar-refractivity contribution < 1.29 is 0 Å². The van der Waals surface area contributed by atoms with Crippen LogP contribution in [-0.2, 0) is 0 Å². The molecule has 1 nitrogen and oxygen atoms in total. The maximum atomic E-state index is 2.37. The molecule has 0 amide bonds. The molecule has 0 N–H and O–H groups in total. The van der Waals surface area contributed by atoms with Gasteiger partial charge in [-0.15, -0.1) is 0 Å². The minimum absolute atomic E-state index is 0.411. The van der Waals surface area contributed by atoms with Crippen molar-refractivity contribution in [1.29, 1.82) is 0 Å². The molecule has 0 aliphatic carbocycles. The van der Waals surface area contributed by atoms with Crippen LogP contribution in [0, 0.1) is 0 Å². The Labute approximate surface area is 116 Å². The van der Waals surface area contributed by atoms with E-state index in [1.807, 2.05) is 0 Å². The number of para-hydroxylation sites is 2. The third kappa shape index (κ3) is 3.05. The summed E-state index contributed by atoms with van der Waals surface area (Å²) in [6.07, 6.45) is 4.25. The van der Waals surface area contributed by atoms with Gasteiger partial charge in [-0.25, -0.2) is 0 Å². The van der Waals surface area contributed by atoms with Crippen molar-refractivity contribution in [2.45, 2.75) is 26.8 Å². The van der Waals surface area contributed by atoms with E-state index >= 15 is 0 Å². The molecule has 0 bridgehead atoms. The summed E-state index contributed by atoms with van der Waals surface area (Å²) < 4.78 is 0. The Balaban J connectivity index is 2.52. The number of hydrogen-bond acceptors (Lipinski definition) is 1. The van der Waals surface area contributed by atoms with Gasteiger partial charge in [-0.3, -0.25) is 0 Å². The molecule has 0 heterocycles. The zero-order chi connectivity index (χ0) is 13.7. The van der Waals surface area contributed by atoms with E-state index < -0.39 is 0 Å². The van der Waals surface area contributed by atoms with Gasteiger partial charge < -0.3 is 4.90 Å². The normalized spacial score (nSPS) is 11.2. The largest absolute Gasteiger partial charge is 0.338 e. The van der Waals surface area contributed by atoms with Gasteiger partial charge in [0.2, 0.25) is 0 Å². The molecular weight excluding hydrogens is 230 g/mol. The minimum Gasteiger partial charge on any atom is -0.338 e. The molecule has 0 aliphatic rings. The van der Waals surface area contributed by atoms with Crippen molar-refractivity contribution in [2.75, 3.05) is 4.90 Å². The highest BCUT2D eigenvalue weighted by Crippen LogP contribution is 2.31. The van der Waals surface area contributed by atoms with E-state index in [0.717, 1.165) is 0 Å². The fraction of sp³-hybridized carbons (Fsp3) is 0.222. The van der Waals surface area contributed by atoms with Crippen molar-refractivity contribution in [1.82, 2.24) is 0 Å². The summed E-state index contributed by atoms with van der Waals surface area (Å²) in [6.45, 7) is 6.50. The summed E-state index contributed by atoms with van der Waals surface area (Å²) in [4.78, 5) is 2.37. The Morgan fingerprint density at radius 3 is 2.16 bits per heavy atom. The first-order valence-corrected chi connectivity index (χ1v) is 6.80. The standard InChI is InChI=1S/C18H21N/c1-4-10-16-11-8-9-14-18(16)19(15(2)3)17-12-6-5-7-13-17/h4-15H,1-3H3/b10-4-. The SMILES string of the molecule is C/C=C\c1ccccc1N(c1ccccc1)C(C)C. The van der Waals surface area contributed by atoms with Crippen molar-refractivity contribution in [2.24, 2.45) is 0 Å². The molecule has 0 aliphatic heterocycles. The zero-order valence-electron chi connectivity index (χ0n) is 11.9. The maximum Gasteiger partial charge on any atom is 0.0486 e. The monoisotopic (exact) mass is 251 g/mol. The number of benzene rings is 2. The third-order valence-electron chi connectivity index (χ3n) is 3.09. The van der Waals surface area contributed by atoms with Gasteiger partial charge in [-0.1, -0.05) is 48.6 Å². The first kappa shape index (κ1) is 13.4. The summed E-state index contributed by atoms with van der Waals surface area (Å²) in [7, 11) is 0.